The van der Waals surface area contributed by atoms with Crippen molar-refractivity contribution < 1.29 is 4.84 Å². The predicted octanol–water partition coefficient (Wildman–Crippen LogP) is 2.78. The van der Waals surface area contributed by atoms with Crippen molar-refractivity contribution in [3.8, 4) is 0 Å². The molecule has 0 amide bonds. The van der Waals surface area contributed by atoms with Crippen molar-refractivity contribution in [1.82, 2.24) is 5.06 Å². The third-order valence-electron chi connectivity index (χ3n) is 4.97. The molecule has 2 atom stereocenters. The standard InChI is InChI=1S/C14H17NO/c1-15-12(11-5-3-2-4-6-11)14(10-16-15)9-13(14)7-8-13/h2-6,12H,7-10H2,1H3. The average molecular weight is 215 g/mol. The van der Waals surface area contributed by atoms with Crippen LogP contribution in [0.1, 0.15) is 30.9 Å². The lowest BCUT2D eigenvalue weighted by Gasteiger charge is -2.23. The van der Waals surface area contributed by atoms with Gasteiger partial charge in [-0.2, -0.15) is 5.06 Å². The number of hydrogen-bond donors (Lipinski definition) is 0. The smallest absolute Gasteiger partial charge is 0.0766 e. The Morgan fingerprint density at radius 2 is 2.00 bits per heavy atom. The van der Waals surface area contributed by atoms with Crippen LogP contribution >= 0.6 is 0 Å². The molecule has 2 saturated carbocycles. The minimum absolute atomic E-state index is 0.448. The second-order valence-corrected chi connectivity index (χ2v) is 5.75. The van der Waals surface area contributed by atoms with Gasteiger partial charge in [0.1, 0.15) is 0 Å². The quantitative estimate of drug-likeness (QED) is 0.714. The van der Waals surface area contributed by atoms with Crippen LogP contribution in [-0.4, -0.2) is 18.7 Å². The van der Waals surface area contributed by atoms with E-state index in [9.17, 15) is 0 Å². The van der Waals surface area contributed by atoms with Crippen LogP contribution < -0.4 is 0 Å². The highest BCUT2D eigenvalue weighted by Crippen LogP contribution is 2.84. The molecular formula is C14H17NO. The SMILES string of the molecule is CN1OCC2(CC23CC3)C1c1ccccc1. The van der Waals surface area contributed by atoms with E-state index < -0.39 is 0 Å². The summed E-state index contributed by atoms with van der Waals surface area (Å²) >= 11 is 0. The van der Waals surface area contributed by atoms with Crippen LogP contribution in [0.15, 0.2) is 30.3 Å². The lowest BCUT2D eigenvalue weighted by Crippen LogP contribution is -2.22. The summed E-state index contributed by atoms with van der Waals surface area (Å²) in [4.78, 5) is 5.81. The molecule has 2 unspecified atom stereocenters. The number of benzene rings is 1. The van der Waals surface area contributed by atoms with Crippen LogP contribution in [-0.2, 0) is 4.84 Å². The zero-order chi connectivity index (χ0) is 10.8. The second kappa shape index (κ2) is 2.69. The molecule has 0 bridgehead atoms. The summed E-state index contributed by atoms with van der Waals surface area (Å²) in [7, 11) is 2.08. The molecular weight excluding hydrogens is 198 g/mol. The van der Waals surface area contributed by atoms with E-state index in [2.05, 4.69) is 42.4 Å². The molecule has 3 aliphatic rings. The molecule has 2 heteroatoms. The molecule has 0 aromatic heterocycles. The molecule has 2 aliphatic carbocycles. The van der Waals surface area contributed by atoms with E-state index in [4.69, 9.17) is 4.84 Å². The minimum atomic E-state index is 0.448. The van der Waals surface area contributed by atoms with Gasteiger partial charge in [0.15, 0.2) is 0 Å². The molecule has 3 fully saturated rings. The van der Waals surface area contributed by atoms with Gasteiger partial charge in [-0.05, 0) is 30.2 Å². The van der Waals surface area contributed by atoms with Crippen LogP contribution in [0.2, 0.25) is 0 Å². The number of rotatable bonds is 1. The molecule has 4 rings (SSSR count). The molecule has 1 saturated heterocycles. The first-order valence-corrected chi connectivity index (χ1v) is 6.18. The highest BCUT2D eigenvalue weighted by atomic mass is 16.7. The maximum Gasteiger partial charge on any atom is 0.0766 e. The number of hydrogen-bond acceptors (Lipinski definition) is 2. The van der Waals surface area contributed by atoms with E-state index in [1.165, 1.54) is 24.8 Å². The van der Waals surface area contributed by atoms with Gasteiger partial charge in [0, 0.05) is 12.5 Å². The highest BCUT2D eigenvalue weighted by molar-refractivity contribution is 5.33. The summed E-state index contributed by atoms with van der Waals surface area (Å²) in [5.41, 5.74) is 2.53. The Kier molecular flexibility index (Phi) is 1.55. The topological polar surface area (TPSA) is 12.5 Å². The van der Waals surface area contributed by atoms with Gasteiger partial charge in [-0.25, -0.2) is 0 Å². The molecule has 1 heterocycles. The summed E-state index contributed by atoms with van der Waals surface area (Å²) in [6.45, 7) is 0.934. The zero-order valence-corrected chi connectivity index (χ0v) is 9.65. The normalized spacial score (nSPS) is 39.4. The maximum absolute atomic E-state index is 5.81. The highest BCUT2D eigenvalue weighted by Gasteiger charge is 2.79. The fourth-order valence-corrected chi connectivity index (χ4v) is 3.86. The first kappa shape index (κ1) is 9.20. The van der Waals surface area contributed by atoms with E-state index >= 15 is 0 Å². The van der Waals surface area contributed by atoms with Gasteiger partial charge in [-0.3, -0.25) is 4.84 Å². The van der Waals surface area contributed by atoms with Gasteiger partial charge in [0.25, 0.3) is 0 Å². The number of fused-ring (bicyclic) bond motifs is 1. The largest absolute Gasteiger partial charge is 0.298 e. The lowest BCUT2D eigenvalue weighted by molar-refractivity contribution is -0.110. The van der Waals surface area contributed by atoms with Crippen molar-refractivity contribution in [2.24, 2.45) is 10.8 Å². The van der Waals surface area contributed by atoms with Gasteiger partial charge in [0.2, 0.25) is 0 Å². The maximum atomic E-state index is 5.81. The van der Waals surface area contributed by atoms with Gasteiger partial charge < -0.3 is 0 Å². The van der Waals surface area contributed by atoms with Gasteiger partial charge in [-0.15, -0.1) is 0 Å². The van der Waals surface area contributed by atoms with Crippen molar-refractivity contribution in [3.63, 3.8) is 0 Å². The van der Waals surface area contributed by atoms with Gasteiger partial charge in [0.05, 0.1) is 12.6 Å². The Labute approximate surface area is 96.2 Å². The number of hydroxylamine groups is 2. The van der Waals surface area contributed by atoms with Gasteiger partial charge in [-0.1, -0.05) is 30.3 Å². The Bertz CT molecular complexity index is 426. The Balaban J connectivity index is 1.76. The second-order valence-electron chi connectivity index (χ2n) is 5.75. The van der Waals surface area contributed by atoms with Crippen LogP contribution in [0.25, 0.3) is 0 Å². The molecule has 0 N–H and O–H groups in total. The molecule has 1 aromatic carbocycles. The molecule has 1 aromatic rings. The summed E-state index contributed by atoms with van der Waals surface area (Å²) in [5, 5.41) is 2.09. The van der Waals surface area contributed by atoms with Crippen molar-refractivity contribution in [2.75, 3.05) is 13.7 Å². The van der Waals surface area contributed by atoms with Crippen molar-refractivity contribution in [1.29, 1.82) is 0 Å². The van der Waals surface area contributed by atoms with Crippen molar-refractivity contribution in [3.05, 3.63) is 35.9 Å². The number of nitrogens with zero attached hydrogens (tertiary/aromatic N) is 1. The van der Waals surface area contributed by atoms with Crippen LogP contribution in [0.3, 0.4) is 0 Å². The van der Waals surface area contributed by atoms with Crippen LogP contribution in [0, 0.1) is 10.8 Å². The van der Waals surface area contributed by atoms with Crippen molar-refractivity contribution >= 4 is 0 Å². The summed E-state index contributed by atoms with van der Waals surface area (Å²) in [5.74, 6) is 0. The Morgan fingerprint density at radius 3 is 2.62 bits per heavy atom. The Morgan fingerprint density at radius 1 is 1.25 bits per heavy atom. The molecule has 1 aliphatic heterocycles. The first-order valence-electron chi connectivity index (χ1n) is 6.18. The fourth-order valence-electron chi connectivity index (χ4n) is 3.86. The lowest BCUT2D eigenvalue weighted by atomic mass is 9.88. The summed E-state index contributed by atoms with van der Waals surface area (Å²) in [6.07, 6.45) is 4.23. The molecule has 2 spiro atoms. The monoisotopic (exact) mass is 215 g/mol. The molecule has 0 radical (unpaired) electrons. The van der Waals surface area contributed by atoms with Crippen molar-refractivity contribution in [2.45, 2.75) is 25.3 Å². The molecule has 2 nitrogen and oxygen atoms in total. The van der Waals surface area contributed by atoms with E-state index in [1.54, 1.807) is 0 Å². The zero-order valence-electron chi connectivity index (χ0n) is 9.65. The van der Waals surface area contributed by atoms with Crippen LogP contribution in [0.4, 0.5) is 0 Å². The third kappa shape index (κ3) is 0.950. The molecule has 84 valence electrons. The van der Waals surface area contributed by atoms with E-state index in [0.29, 0.717) is 16.9 Å². The minimum Gasteiger partial charge on any atom is -0.298 e. The van der Waals surface area contributed by atoms with E-state index in [1.807, 2.05) is 0 Å². The predicted molar refractivity (Wildman–Crippen MR) is 61.6 cm³/mol. The van der Waals surface area contributed by atoms with E-state index in [0.717, 1.165) is 6.61 Å². The van der Waals surface area contributed by atoms with Gasteiger partial charge >= 0.3 is 0 Å². The average Bonchev–Trinajstić information content (AvgIpc) is 3.17. The molecule has 16 heavy (non-hydrogen) atoms. The third-order valence-corrected chi connectivity index (χ3v) is 4.97. The Hall–Kier alpha value is -0.860. The van der Waals surface area contributed by atoms with E-state index in [-0.39, 0.29) is 0 Å². The summed E-state index contributed by atoms with van der Waals surface area (Å²) in [6, 6.07) is 11.3. The first-order chi connectivity index (χ1) is 7.78. The van der Waals surface area contributed by atoms with Crippen LogP contribution in [0.5, 0.6) is 0 Å². The fraction of sp³-hybridized carbons (Fsp3) is 0.571. The summed E-state index contributed by atoms with van der Waals surface area (Å²) < 4.78 is 0.